The molecule has 4 unspecified atom stereocenters. The van der Waals surface area contributed by atoms with Crippen molar-refractivity contribution in [1.29, 1.82) is 0 Å². The van der Waals surface area contributed by atoms with Gasteiger partial charge in [-0.2, -0.15) is 0 Å². The largest absolute Gasteiger partial charge is 0.345 e. The Morgan fingerprint density at radius 2 is 1.91 bits per heavy atom. The average molecular weight is 314 g/mol. The van der Waals surface area contributed by atoms with Gasteiger partial charge in [-0.05, 0) is 75.0 Å². The second-order valence-electron chi connectivity index (χ2n) is 7.37. The number of hydrogen-bond donors (Lipinski definition) is 2. The zero-order valence-electron chi connectivity index (χ0n) is 14.2. The second-order valence-corrected chi connectivity index (χ2v) is 7.37. The number of amides is 2. The summed E-state index contributed by atoms with van der Waals surface area (Å²) < 4.78 is 0. The fourth-order valence-electron chi connectivity index (χ4n) is 4.34. The van der Waals surface area contributed by atoms with Crippen molar-refractivity contribution in [3.05, 3.63) is 29.3 Å². The Hall–Kier alpha value is -1.84. The molecule has 0 spiro atoms. The topological polar surface area (TPSA) is 58.2 Å². The summed E-state index contributed by atoms with van der Waals surface area (Å²) in [6.07, 6.45) is 5.13. The fraction of sp³-hybridized carbons (Fsp3) is 0.579. The van der Waals surface area contributed by atoms with Crippen molar-refractivity contribution in [2.45, 2.75) is 52.5 Å². The number of fused-ring (bicyclic) bond motifs is 2. The van der Waals surface area contributed by atoms with E-state index in [0.717, 1.165) is 23.0 Å². The summed E-state index contributed by atoms with van der Waals surface area (Å²) in [7, 11) is 0. The zero-order valence-corrected chi connectivity index (χ0v) is 14.2. The minimum Gasteiger partial charge on any atom is -0.345 e. The van der Waals surface area contributed by atoms with Gasteiger partial charge in [0.15, 0.2) is 0 Å². The molecule has 2 aliphatic carbocycles. The molecule has 1 aromatic rings. The van der Waals surface area contributed by atoms with Crippen LogP contribution in [0.2, 0.25) is 0 Å². The maximum Gasteiger partial charge on any atom is 0.313 e. The van der Waals surface area contributed by atoms with E-state index in [9.17, 15) is 9.59 Å². The number of carbonyl (C=O) groups is 2. The molecule has 0 radical (unpaired) electrons. The summed E-state index contributed by atoms with van der Waals surface area (Å²) in [5, 5.41) is 5.64. The van der Waals surface area contributed by atoms with E-state index in [0.29, 0.717) is 11.6 Å². The molecule has 3 rings (SSSR count). The lowest BCUT2D eigenvalue weighted by Gasteiger charge is -2.28. The van der Waals surface area contributed by atoms with Crippen molar-refractivity contribution >= 4 is 17.5 Å². The van der Waals surface area contributed by atoms with Crippen LogP contribution in [0.3, 0.4) is 0 Å². The maximum atomic E-state index is 12.2. The smallest absolute Gasteiger partial charge is 0.313 e. The first-order chi connectivity index (χ1) is 10.9. The van der Waals surface area contributed by atoms with E-state index < -0.39 is 11.8 Å². The minimum absolute atomic E-state index is 0.0714. The number of anilines is 1. The van der Waals surface area contributed by atoms with Crippen LogP contribution in [0.15, 0.2) is 18.2 Å². The molecule has 2 amide bonds. The van der Waals surface area contributed by atoms with Crippen molar-refractivity contribution in [1.82, 2.24) is 5.32 Å². The lowest BCUT2D eigenvalue weighted by molar-refractivity contribution is -0.136. The highest BCUT2D eigenvalue weighted by atomic mass is 16.2. The lowest BCUT2D eigenvalue weighted by Crippen LogP contribution is -2.45. The summed E-state index contributed by atoms with van der Waals surface area (Å²) >= 11 is 0. The van der Waals surface area contributed by atoms with Crippen LogP contribution in [0.1, 0.15) is 43.7 Å². The molecule has 0 saturated heterocycles. The Bertz CT molecular complexity index is 626. The molecular formula is C19H26N2O2. The summed E-state index contributed by atoms with van der Waals surface area (Å²) in [6.45, 7) is 5.92. The van der Waals surface area contributed by atoms with Crippen molar-refractivity contribution in [3.63, 3.8) is 0 Å². The van der Waals surface area contributed by atoms with Gasteiger partial charge in [-0.1, -0.05) is 18.6 Å². The van der Waals surface area contributed by atoms with Crippen molar-refractivity contribution in [2.75, 3.05) is 5.32 Å². The third-order valence-corrected chi connectivity index (χ3v) is 5.64. The van der Waals surface area contributed by atoms with Gasteiger partial charge in [0.2, 0.25) is 0 Å². The molecule has 23 heavy (non-hydrogen) atoms. The number of rotatable bonds is 3. The summed E-state index contributed by atoms with van der Waals surface area (Å²) in [4.78, 5) is 24.4. The molecule has 124 valence electrons. The highest BCUT2D eigenvalue weighted by Crippen LogP contribution is 2.49. The molecular weight excluding hydrogens is 288 g/mol. The molecule has 4 atom stereocenters. The van der Waals surface area contributed by atoms with E-state index in [1.165, 1.54) is 25.7 Å². The van der Waals surface area contributed by atoms with Crippen LogP contribution in [0.4, 0.5) is 5.69 Å². The van der Waals surface area contributed by atoms with Crippen molar-refractivity contribution < 1.29 is 9.59 Å². The molecule has 1 aromatic carbocycles. The van der Waals surface area contributed by atoms with Gasteiger partial charge < -0.3 is 10.6 Å². The highest BCUT2D eigenvalue weighted by Gasteiger charge is 2.42. The normalized spacial score (nSPS) is 26.8. The van der Waals surface area contributed by atoms with E-state index in [4.69, 9.17) is 0 Å². The summed E-state index contributed by atoms with van der Waals surface area (Å²) in [6, 6.07) is 5.89. The van der Waals surface area contributed by atoms with Gasteiger partial charge in [-0.25, -0.2) is 0 Å². The zero-order chi connectivity index (χ0) is 16.6. The number of hydrogen-bond acceptors (Lipinski definition) is 2. The molecule has 2 aliphatic rings. The summed E-state index contributed by atoms with van der Waals surface area (Å²) in [5.74, 6) is 1.01. The molecule has 2 fully saturated rings. The predicted octanol–water partition coefficient (Wildman–Crippen LogP) is 3.18. The van der Waals surface area contributed by atoms with Gasteiger partial charge in [0, 0.05) is 11.7 Å². The number of carbonyl (C=O) groups excluding carboxylic acids is 2. The van der Waals surface area contributed by atoms with Crippen LogP contribution in [0, 0.1) is 31.6 Å². The number of nitrogens with one attached hydrogen (secondary N) is 2. The molecule has 2 saturated carbocycles. The molecule has 2 N–H and O–H groups in total. The third-order valence-electron chi connectivity index (χ3n) is 5.64. The third kappa shape index (κ3) is 3.41. The molecule has 2 bridgehead atoms. The van der Waals surface area contributed by atoms with E-state index in [-0.39, 0.29) is 6.04 Å². The van der Waals surface area contributed by atoms with E-state index in [1.807, 2.05) is 39.0 Å². The van der Waals surface area contributed by atoms with Crippen LogP contribution in [-0.2, 0) is 9.59 Å². The molecule has 0 aliphatic heterocycles. The first-order valence-corrected chi connectivity index (χ1v) is 8.63. The van der Waals surface area contributed by atoms with Crippen LogP contribution in [-0.4, -0.2) is 17.9 Å². The molecule has 4 heteroatoms. The molecule has 4 nitrogen and oxygen atoms in total. The number of aryl methyl sites for hydroxylation is 2. The minimum atomic E-state index is -0.575. The van der Waals surface area contributed by atoms with Crippen LogP contribution >= 0.6 is 0 Å². The molecule has 0 heterocycles. The number of benzene rings is 1. The van der Waals surface area contributed by atoms with Crippen LogP contribution in [0.5, 0.6) is 0 Å². The maximum absolute atomic E-state index is 12.2. The van der Waals surface area contributed by atoms with Gasteiger partial charge >= 0.3 is 11.8 Å². The fourth-order valence-corrected chi connectivity index (χ4v) is 4.34. The van der Waals surface area contributed by atoms with Crippen LogP contribution < -0.4 is 10.6 Å². The van der Waals surface area contributed by atoms with Gasteiger partial charge in [0.05, 0.1) is 0 Å². The predicted molar refractivity (Wildman–Crippen MR) is 91.1 cm³/mol. The Kier molecular flexibility index (Phi) is 4.42. The highest BCUT2D eigenvalue weighted by molar-refractivity contribution is 6.39. The van der Waals surface area contributed by atoms with Gasteiger partial charge in [0.25, 0.3) is 0 Å². The van der Waals surface area contributed by atoms with E-state index in [1.54, 1.807) is 0 Å². The average Bonchev–Trinajstić information content (AvgIpc) is 3.13. The van der Waals surface area contributed by atoms with E-state index >= 15 is 0 Å². The Morgan fingerprint density at radius 3 is 2.57 bits per heavy atom. The second kappa shape index (κ2) is 6.34. The van der Waals surface area contributed by atoms with Gasteiger partial charge in [-0.3, -0.25) is 9.59 Å². The Morgan fingerprint density at radius 1 is 1.13 bits per heavy atom. The molecule has 0 aromatic heterocycles. The standard InChI is InChI=1S/C19H26N2O2/c1-11-4-5-12(2)17(8-11)21-19(23)18(22)20-13(3)16-10-14-6-7-15(16)9-14/h4-5,8,13-16H,6-7,9-10H2,1-3H3,(H,20,22)(H,21,23). The van der Waals surface area contributed by atoms with Gasteiger partial charge in [0.1, 0.15) is 0 Å². The van der Waals surface area contributed by atoms with E-state index in [2.05, 4.69) is 10.6 Å². The first kappa shape index (κ1) is 16.0. The monoisotopic (exact) mass is 314 g/mol. The Labute approximate surface area is 138 Å². The van der Waals surface area contributed by atoms with Crippen molar-refractivity contribution in [2.24, 2.45) is 17.8 Å². The van der Waals surface area contributed by atoms with Crippen molar-refractivity contribution in [3.8, 4) is 0 Å². The Balaban J connectivity index is 1.57. The summed E-state index contributed by atoms with van der Waals surface area (Å²) in [5.41, 5.74) is 2.72. The lowest BCUT2D eigenvalue weighted by atomic mass is 9.84. The van der Waals surface area contributed by atoms with Gasteiger partial charge in [-0.15, -0.1) is 0 Å². The van der Waals surface area contributed by atoms with Crippen LogP contribution in [0.25, 0.3) is 0 Å². The SMILES string of the molecule is Cc1ccc(C)c(NC(=O)C(=O)NC(C)C2CC3CCC2C3)c1. The first-order valence-electron chi connectivity index (χ1n) is 8.63. The quantitative estimate of drug-likeness (QED) is 0.842.